The molecular weight excluding hydrogens is 198 g/mol. The van der Waals surface area contributed by atoms with E-state index in [1.165, 1.54) is 16.7 Å². The number of nitriles is 1. The first-order valence-electron chi connectivity index (χ1n) is 5.32. The van der Waals surface area contributed by atoms with E-state index in [1.54, 1.807) is 6.92 Å². The van der Waals surface area contributed by atoms with Crippen molar-refractivity contribution in [2.75, 3.05) is 0 Å². The number of rotatable bonds is 2. The zero-order valence-corrected chi connectivity index (χ0v) is 10.2. The largest absolute Gasteiger partial charge is 0.281 e. The molecule has 0 aromatic heterocycles. The van der Waals surface area contributed by atoms with Gasteiger partial charge in [-0.3, -0.25) is 10.3 Å². The van der Waals surface area contributed by atoms with Crippen molar-refractivity contribution in [3.8, 4) is 6.19 Å². The van der Waals surface area contributed by atoms with Gasteiger partial charge in [0.15, 0.2) is 6.19 Å². The third-order valence-corrected chi connectivity index (χ3v) is 2.72. The molecule has 1 aromatic carbocycles. The van der Waals surface area contributed by atoms with Crippen molar-refractivity contribution in [1.82, 2.24) is 5.32 Å². The summed E-state index contributed by atoms with van der Waals surface area (Å²) in [6.45, 7) is 8.02. The second-order valence-electron chi connectivity index (χ2n) is 3.92. The van der Waals surface area contributed by atoms with E-state index < -0.39 is 0 Å². The minimum absolute atomic E-state index is 0.0701. The predicted octanol–water partition coefficient (Wildman–Crippen LogP) is 2.85. The minimum Gasteiger partial charge on any atom is -0.281 e. The quantitative estimate of drug-likeness (QED) is 0.357. The Labute approximate surface area is 96.8 Å². The van der Waals surface area contributed by atoms with Crippen LogP contribution in [-0.4, -0.2) is 5.84 Å². The average Bonchev–Trinajstić information content (AvgIpc) is 2.22. The molecule has 16 heavy (non-hydrogen) atoms. The van der Waals surface area contributed by atoms with Gasteiger partial charge in [-0.2, -0.15) is 5.26 Å². The lowest BCUT2D eigenvalue weighted by molar-refractivity contribution is 0.803. The number of hydrogen-bond donors (Lipinski definition) is 1. The topological polar surface area (TPSA) is 48.2 Å². The zero-order valence-electron chi connectivity index (χ0n) is 10.2. The lowest BCUT2D eigenvalue weighted by atomic mass is 9.99. The van der Waals surface area contributed by atoms with Gasteiger partial charge >= 0.3 is 0 Å². The van der Waals surface area contributed by atoms with Gasteiger partial charge in [0.1, 0.15) is 5.84 Å². The highest BCUT2D eigenvalue weighted by molar-refractivity contribution is 5.81. The summed E-state index contributed by atoms with van der Waals surface area (Å²) in [4.78, 5) is 4.42. The maximum atomic E-state index is 8.48. The van der Waals surface area contributed by atoms with Crippen molar-refractivity contribution in [2.45, 2.75) is 33.7 Å². The van der Waals surface area contributed by atoms with Crippen LogP contribution in [0.5, 0.6) is 0 Å². The molecule has 0 saturated heterocycles. The van der Waals surface area contributed by atoms with Crippen LogP contribution in [0.1, 0.15) is 36.6 Å². The van der Waals surface area contributed by atoms with E-state index in [9.17, 15) is 0 Å². The van der Waals surface area contributed by atoms with E-state index >= 15 is 0 Å². The lowest BCUT2D eigenvalue weighted by Gasteiger charge is -2.13. The number of nitrogens with zero attached hydrogens (tertiary/aromatic N) is 2. The molecule has 3 heteroatoms. The highest BCUT2D eigenvalue weighted by Gasteiger charge is 2.08. The molecule has 1 rings (SSSR count). The van der Waals surface area contributed by atoms with E-state index in [1.807, 2.05) is 19.2 Å². The molecule has 84 valence electrons. The van der Waals surface area contributed by atoms with Crippen LogP contribution in [-0.2, 0) is 0 Å². The van der Waals surface area contributed by atoms with Gasteiger partial charge in [0.25, 0.3) is 0 Å². The fourth-order valence-electron chi connectivity index (χ4n) is 1.70. The van der Waals surface area contributed by atoms with Crippen LogP contribution in [0.15, 0.2) is 23.2 Å². The van der Waals surface area contributed by atoms with Crippen LogP contribution < -0.4 is 5.32 Å². The molecule has 0 aliphatic rings. The smallest absolute Gasteiger partial charge is 0.182 e. The third-order valence-electron chi connectivity index (χ3n) is 2.72. The highest BCUT2D eigenvalue weighted by atomic mass is 15.0. The molecule has 0 unspecified atom stereocenters. The highest BCUT2D eigenvalue weighted by Crippen LogP contribution is 2.22. The molecule has 0 fully saturated rings. The first kappa shape index (κ1) is 12.3. The van der Waals surface area contributed by atoms with Gasteiger partial charge in [-0.1, -0.05) is 18.2 Å². The molecule has 1 aromatic rings. The molecule has 3 nitrogen and oxygen atoms in total. The van der Waals surface area contributed by atoms with Crippen LogP contribution in [0.2, 0.25) is 0 Å². The van der Waals surface area contributed by atoms with Crippen LogP contribution in [0, 0.1) is 25.3 Å². The molecule has 0 bridgehead atoms. The van der Waals surface area contributed by atoms with Gasteiger partial charge < -0.3 is 0 Å². The number of aliphatic imine (C=N–C) groups is 1. The lowest BCUT2D eigenvalue weighted by Crippen LogP contribution is -2.14. The maximum absolute atomic E-state index is 8.48. The number of aryl methyl sites for hydroxylation is 1. The fourth-order valence-corrected chi connectivity index (χ4v) is 1.70. The van der Waals surface area contributed by atoms with Crippen LogP contribution >= 0.6 is 0 Å². The van der Waals surface area contributed by atoms with Crippen molar-refractivity contribution in [3.05, 3.63) is 34.9 Å². The normalized spacial score (nSPS) is 13.1. The van der Waals surface area contributed by atoms with Gasteiger partial charge in [0, 0.05) is 0 Å². The Morgan fingerprint density at radius 1 is 1.44 bits per heavy atom. The Bertz CT molecular complexity index is 441. The Morgan fingerprint density at radius 3 is 2.75 bits per heavy atom. The second kappa shape index (κ2) is 5.32. The summed E-state index contributed by atoms with van der Waals surface area (Å²) in [7, 11) is 0. The Balaban J connectivity index is 2.98. The summed E-state index contributed by atoms with van der Waals surface area (Å²) in [5.41, 5.74) is 3.74. The summed E-state index contributed by atoms with van der Waals surface area (Å²) < 4.78 is 0. The monoisotopic (exact) mass is 215 g/mol. The molecule has 1 N–H and O–H groups in total. The minimum atomic E-state index is 0.0701. The zero-order chi connectivity index (χ0) is 12.1. The standard InChI is InChI=1S/C13H17N3/c1-9-6-5-7-13(10(9)2)11(3)16-12(4)15-8-14/h5-7,11H,1-4H3,(H,15,16)/t11-/m0/s1. The van der Waals surface area contributed by atoms with Crippen LogP contribution in [0.3, 0.4) is 0 Å². The molecule has 0 radical (unpaired) electrons. The first-order valence-corrected chi connectivity index (χ1v) is 5.32. The van der Waals surface area contributed by atoms with E-state index in [0.717, 1.165) is 0 Å². The second-order valence-corrected chi connectivity index (χ2v) is 3.92. The fraction of sp³-hybridized carbons (Fsp3) is 0.385. The van der Waals surface area contributed by atoms with E-state index in [-0.39, 0.29) is 6.04 Å². The van der Waals surface area contributed by atoms with Crippen molar-refractivity contribution in [3.63, 3.8) is 0 Å². The molecular formula is C13H17N3. The summed E-state index contributed by atoms with van der Waals surface area (Å²) in [5, 5.41) is 11.0. The van der Waals surface area contributed by atoms with Gasteiger partial charge in [-0.25, -0.2) is 0 Å². The Kier molecular flexibility index (Phi) is 4.07. The maximum Gasteiger partial charge on any atom is 0.182 e. The summed E-state index contributed by atoms with van der Waals surface area (Å²) in [5.74, 6) is 0.649. The summed E-state index contributed by atoms with van der Waals surface area (Å²) >= 11 is 0. The summed E-state index contributed by atoms with van der Waals surface area (Å²) in [6.07, 6.45) is 1.87. The van der Waals surface area contributed by atoms with Crippen LogP contribution in [0.4, 0.5) is 0 Å². The molecule has 1 atom stereocenters. The number of amidine groups is 1. The SMILES string of the molecule is CC(=N[C@@H](C)c1cccc(C)c1C)NC#N. The molecule has 0 spiro atoms. The van der Waals surface area contributed by atoms with Gasteiger partial charge in [0.05, 0.1) is 6.04 Å². The van der Waals surface area contributed by atoms with E-state index in [2.05, 4.69) is 36.3 Å². The van der Waals surface area contributed by atoms with E-state index in [0.29, 0.717) is 5.84 Å². The number of benzene rings is 1. The van der Waals surface area contributed by atoms with Gasteiger partial charge in [-0.15, -0.1) is 0 Å². The first-order chi connectivity index (χ1) is 7.56. The number of nitrogens with one attached hydrogen (secondary N) is 1. The predicted molar refractivity (Wildman–Crippen MR) is 66.2 cm³/mol. The average molecular weight is 215 g/mol. The Hall–Kier alpha value is -1.82. The Morgan fingerprint density at radius 2 is 2.12 bits per heavy atom. The van der Waals surface area contributed by atoms with Crippen molar-refractivity contribution < 1.29 is 0 Å². The molecule has 0 aliphatic heterocycles. The van der Waals surface area contributed by atoms with E-state index in [4.69, 9.17) is 5.26 Å². The van der Waals surface area contributed by atoms with Crippen molar-refractivity contribution in [1.29, 1.82) is 5.26 Å². The summed E-state index contributed by atoms with van der Waals surface area (Å²) in [6, 6.07) is 6.28. The van der Waals surface area contributed by atoms with Crippen molar-refractivity contribution in [2.24, 2.45) is 4.99 Å². The molecule has 0 heterocycles. The third kappa shape index (κ3) is 2.83. The van der Waals surface area contributed by atoms with Crippen molar-refractivity contribution >= 4 is 5.84 Å². The molecule has 0 aliphatic carbocycles. The van der Waals surface area contributed by atoms with Gasteiger partial charge in [0.2, 0.25) is 0 Å². The molecule has 0 amide bonds. The molecule has 0 saturated carbocycles. The number of hydrogen-bond acceptors (Lipinski definition) is 2. The van der Waals surface area contributed by atoms with Gasteiger partial charge in [-0.05, 0) is 44.4 Å². The van der Waals surface area contributed by atoms with Crippen LogP contribution in [0.25, 0.3) is 0 Å².